The van der Waals surface area contributed by atoms with Crippen LogP contribution in [0, 0.1) is 13.8 Å². The lowest BCUT2D eigenvalue weighted by atomic mass is 10.1. The molecule has 146 valence electrons. The van der Waals surface area contributed by atoms with Crippen LogP contribution in [0.3, 0.4) is 0 Å². The third kappa shape index (κ3) is 6.63. The molecule has 0 saturated carbocycles. The van der Waals surface area contributed by atoms with Crippen LogP contribution < -0.4 is 14.8 Å². The van der Waals surface area contributed by atoms with Crippen LogP contribution >= 0.6 is 0 Å². The Kier molecular flexibility index (Phi) is 7.71. The SMILES string of the molecule is Cc1cccc(O[C@@H](C)C(=O)NCCCc2cccc(OC(C)C)c2)c1C. The van der Waals surface area contributed by atoms with E-state index in [1.165, 1.54) is 5.56 Å². The molecular formula is C23H31NO3. The van der Waals surface area contributed by atoms with Crippen molar-refractivity contribution in [3.63, 3.8) is 0 Å². The highest BCUT2D eigenvalue weighted by atomic mass is 16.5. The third-order valence-corrected chi connectivity index (χ3v) is 4.44. The van der Waals surface area contributed by atoms with Crippen LogP contribution in [0.25, 0.3) is 0 Å². The molecule has 2 rings (SSSR count). The summed E-state index contributed by atoms with van der Waals surface area (Å²) in [4.78, 5) is 12.3. The monoisotopic (exact) mass is 369 g/mol. The summed E-state index contributed by atoms with van der Waals surface area (Å²) in [6, 6.07) is 14.0. The van der Waals surface area contributed by atoms with Gasteiger partial charge in [0, 0.05) is 6.54 Å². The molecule has 0 bridgehead atoms. The Bertz CT molecular complexity index is 755. The lowest BCUT2D eigenvalue weighted by Crippen LogP contribution is -2.37. The molecule has 0 radical (unpaired) electrons. The van der Waals surface area contributed by atoms with Crippen LogP contribution in [0.15, 0.2) is 42.5 Å². The second kappa shape index (κ2) is 10.0. The summed E-state index contributed by atoms with van der Waals surface area (Å²) in [6.45, 7) is 10.5. The van der Waals surface area contributed by atoms with E-state index in [2.05, 4.69) is 17.4 Å². The summed E-state index contributed by atoms with van der Waals surface area (Å²) < 4.78 is 11.5. The summed E-state index contributed by atoms with van der Waals surface area (Å²) in [6.07, 6.45) is 1.40. The van der Waals surface area contributed by atoms with Crippen molar-refractivity contribution in [2.45, 2.75) is 59.7 Å². The molecular weight excluding hydrogens is 338 g/mol. The molecule has 4 nitrogen and oxygen atoms in total. The van der Waals surface area contributed by atoms with E-state index in [4.69, 9.17) is 9.47 Å². The van der Waals surface area contributed by atoms with Crippen molar-refractivity contribution >= 4 is 5.91 Å². The Morgan fingerprint density at radius 2 is 1.78 bits per heavy atom. The summed E-state index contributed by atoms with van der Waals surface area (Å²) >= 11 is 0. The molecule has 0 heterocycles. The van der Waals surface area contributed by atoms with Gasteiger partial charge in [0.1, 0.15) is 11.5 Å². The Balaban J connectivity index is 1.76. The van der Waals surface area contributed by atoms with Gasteiger partial charge in [-0.1, -0.05) is 24.3 Å². The van der Waals surface area contributed by atoms with Crippen molar-refractivity contribution in [3.8, 4) is 11.5 Å². The van der Waals surface area contributed by atoms with Crippen molar-refractivity contribution in [3.05, 3.63) is 59.2 Å². The van der Waals surface area contributed by atoms with E-state index in [0.29, 0.717) is 6.54 Å². The van der Waals surface area contributed by atoms with E-state index >= 15 is 0 Å². The minimum absolute atomic E-state index is 0.0900. The number of hydrogen-bond acceptors (Lipinski definition) is 3. The summed E-state index contributed by atoms with van der Waals surface area (Å²) in [7, 11) is 0. The zero-order valence-electron chi connectivity index (χ0n) is 17.0. The number of rotatable bonds is 9. The van der Waals surface area contributed by atoms with Crippen molar-refractivity contribution < 1.29 is 14.3 Å². The van der Waals surface area contributed by atoms with Gasteiger partial charge in [0.25, 0.3) is 5.91 Å². The van der Waals surface area contributed by atoms with E-state index < -0.39 is 6.10 Å². The van der Waals surface area contributed by atoms with Gasteiger partial charge in [-0.25, -0.2) is 0 Å². The second-order valence-corrected chi connectivity index (χ2v) is 7.17. The number of nitrogens with one attached hydrogen (secondary N) is 1. The van der Waals surface area contributed by atoms with Gasteiger partial charge in [-0.3, -0.25) is 4.79 Å². The Hall–Kier alpha value is -2.49. The molecule has 2 aromatic carbocycles. The molecule has 0 aliphatic carbocycles. The normalized spacial score (nSPS) is 11.9. The quantitative estimate of drug-likeness (QED) is 0.657. The molecule has 0 spiro atoms. The average Bonchev–Trinajstić information content (AvgIpc) is 2.62. The minimum atomic E-state index is -0.520. The smallest absolute Gasteiger partial charge is 0.260 e. The van der Waals surface area contributed by atoms with Crippen LogP contribution in [0.4, 0.5) is 0 Å². The maximum absolute atomic E-state index is 12.3. The topological polar surface area (TPSA) is 47.6 Å². The first-order chi connectivity index (χ1) is 12.9. The van der Waals surface area contributed by atoms with Gasteiger partial charge in [-0.15, -0.1) is 0 Å². The van der Waals surface area contributed by atoms with Gasteiger partial charge in [0.2, 0.25) is 0 Å². The number of benzene rings is 2. The maximum atomic E-state index is 12.3. The van der Waals surface area contributed by atoms with E-state index in [0.717, 1.165) is 35.5 Å². The molecule has 0 unspecified atom stereocenters. The van der Waals surface area contributed by atoms with Crippen LogP contribution in [-0.4, -0.2) is 24.7 Å². The first-order valence-electron chi connectivity index (χ1n) is 9.63. The van der Waals surface area contributed by atoms with Crippen LogP contribution in [0.2, 0.25) is 0 Å². The average molecular weight is 370 g/mol. The molecule has 1 N–H and O–H groups in total. The zero-order chi connectivity index (χ0) is 19.8. The molecule has 0 aliphatic rings. The fourth-order valence-corrected chi connectivity index (χ4v) is 2.79. The highest BCUT2D eigenvalue weighted by Crippen LogP contribution is 2.21. The number of carbonyl (C=O) groups is 1. The predicted molar refractivity (Wildman–Crippen MR) is 110 cm³/mol. The lowest BCUT2D eigenvalue weighted by Gasteiger charge is -2.17. The van der Waals surface area contributed by atoms with Crippen molar-refractivity contribution in [2.24, 2.45) is 0 Å². The fraction of sp³-hybridized carbons (Fsp3) is 0.435. The Labute approximate surface area is 162 Å². The van der Waals surface area contributed by atoms with Gasteiger partial charge in [0.05, 0.1) is 6.10 Å². The van der Waals surface area contributed by atoms with Gasteiger partial charge in [-0.2, -0.15) is 0 Å². The predicted octanol–water partition coefficient (Wildman–Crippen LogP) is 4.61. The Morgan fingerprint density at radius 1 is 1.04 bits per heavy atom. The molecule has 27 heavy (non-hydrogen) atoms. The highest BCUT2D eigenvalue weighted by molar-refractivity contribution is 5.80. The van der Waals surface area contributed by atoms with E-state index in [1.54, 1.807) is 6.92 Å². The summed E-state index contributed by atoms with van der Waals surface area (Å²) in [5.74, 6) is 1.56. The number of aryl methyl sites for hydroxylation is 2. The van der Waals surface area contributed by atoms with Crippen LogP contribution in [0.5, 0.6) is 11.5 Å². The molecule has 4 heteroatoms. The lowest BCUT2D eigenvalue weighted by molar-refractivity contribution is -0.127. The van der Waals surface area contributed by atoms with E-state index in [9.17, 15) is 4.79 Å². The molecule has 0 aliphatic heterocycles. The molecule has 1 amide bonds. The van der Waals surface area contributed by atoms with Crippen LogP contribution in [0.1, 0.15) is 43.9 Å². The van der Waals surface area contributed by atoms with Gasteiger partial charge in [-0.05, 0) is 82.3 Å². The number of amides is 1. The standard InChI is InChI=1S/C23H31NO3/c1-16(2)26-21-12-7-10-20(15-21)11-8-14-24-23(25)19(5)27-22-13-6-9-17(3)18(22)4/h6-7,9-10,12-13,15-16,19H,8,11,14H2,1-5H3,(H,24,25)/t19-/m0/s1. The summed E-state index contributed by atoms with van der Waals surface area (Å²) in [5.41, 5.74) is 3.44. The van der Waals surface area contributed by atoms with Gasteiger partial charge < -0.3 is 14.8 Å². The highest BCUT2D eigenvalue weighted by Gasteiger charge is 2.15. The van der Waals surface area contributed by atoms with Crippen LogP contribution in [-0.2, 0) is 11.2 Å². The first kappa shape index (κ1) is 20.8. The first-order valence-corrected chi connectivity index (χ1v) is 9.63. The Morgan fingerprint density at radius 3 is 2.52 bits per heavy atom. The van der Waals surface area contributed by atoms with Gasteiger partial charge in [0.15, 0.2) is 6.10 Å². The fourth-order valence-electron chi connectivity index (χ4n) is 2.79. The van der Waals surface area contributed by atoms with E-state index in [1.807, 2.05) is 58.0 Å². The molecule has 2 aromatic rings. The van der Waals surface area contributed by atoms with Crippen molar-refractivity contribution in [1.82, 2.24) is 5.32 Å². The second-order valence-electron chi connectivity index (χ2n) is 7.17. The molecule has 0 saturated heterocycles. The number of ether oxygens (including phenoxy) is 2. The molecule has 1 atom stereocenters. The maximum Gasteiger partial charge on any atom is 0.260 e. The minimum Gasteiger partial charge on any atom is -0.491 e. The number of hydrogen-bond donors (Lipinski definition) is 1. The number of carbonyl (C=O) groups excluding carboxylic acids is 1. The largest absolute Gasteiger partial charge is 0.491 e. The van der Waals surface area contributed by atoms with Crippen molar-refractivity contribution in [2.75, 3.05) is 6.54 Å². The zero-order valence-corrected chi connectivity index (χ0v) is 17.0. The van der Waals surface area contributed by atoms with E-state index in [-0.39, 0.29) is 12.0 Å². The summed E-state index contributed by atoms with van der Waals surface area (Å²) in [5, 5.41) is 2.96. The third-order valence-electron chi connectivity index (χ3n) is 4.44. The van der Waals surface area contributed by atoms with Crippen molar-refractivity contribution in [1.29, 1.82) is 0 Å². The molecule has 0 aromatic heterocycles. The van der Waals surface area contributed by atoms with Gasteiger partial charge >= 0.3 is 0 Å². The molecule has 0 fully saturated rings.